The number of amides is 1. The summed E-state index contributed by atoms with van der Waals surface area (Å²) in [4.78, 5) is 27.6. The molecule has 1 amide bonds. The van der Waals surface area contributed by atoms with Crippen molar-refractivity contribution in [1.29, 1.82) is 0 Å². The molecule has 3 aromatic rings. The molecular weight excluding hydrogens is 365 g/mol. The minimum atomic E-state index is -0.586. The summed E-state index contributed by atoms with van der Waals surface area (Å²) in [6.07, 6.45) is 1.53. The minimum Gasteiger partial charge on any atom is -0.298 e. The molecule has 1 N–H and O–H groups in total. The van der Waals surface area contributed by atoms with Crippen LogP contribution in [-0.2, 0) is 0 Å². The molecule has 0 bridgehead atoms. The Hall–Kier alpha value is -2.78. The Balaban J connectivity index is 1.98. The highest BCUT2D eigenvalue weighted by atomic mass is 32.2. The van der Waals surface area contributed by atoms with Crippen molar-refractivity contribution in [3.05, 3.63) is 75.5 Å². The van der Waals surface area contributed by atoms with Crippen molar-refractivity contribution in [3.8, 4) is 0 Å². The molecule has 0 aliphatic carbocycles. The number of carbonyl (C=O) groups is 1. The summed E-state index contributed by atoms with van der Waals surface area (Å²) in [5.41, 5.74) is -0.139. The number of nitrogens with one attached hydrogen (secondary N) is 1. The normalized spacial score (nSPS) is 10.4. The maximum absolute atomic E-state index is 13.9. The largest absolute Gasteiger partial charge is 0.298 e. The van der Waals surface area contributed by atoms with Crippen LogP contribution in [0.4, 0.5) is 15.2 Å². The maximum atomic E-state index is 13.9. The van der Waals surface area contributed by atoms with E-state index in [-0.39, 0.29) is 11.3 Å². The van der Waals surface area contributed by atoms with E-state index < -0.39 is 16.6 Å². The summed E-state index contributed by atoms with van der Waals surface area (Å²) in [6.45, 7) is 0. The minimum absolute atomic E-state index is 0.0812. The van der Waals surface area contributed by atoms with Gasteiger partial charge in [0.2, 0.25) is 0 Å². The van der Waals surface area contributed by atoms with Gasteiger partial charge < -0.3 is 0 Å². The molecule has 3 rings (SSSR count). The van der Waals surface area contributed by atoms with Crippen molar-refractivity contribution in [1.82, 2.24) is 4.98 Å². The fourth-order valence-corrected chi connectivity index (χ4v) is 3.46. The van der Waals surface area contributed by atoms with E-state index in [0.717, 1.165) is 11.8 Å². The quantitative estimate of drug-likeness (QED) is 0.521. The highest BCUT2D eigenvalue weighted by Gasteiger charge is 2.19. The molecule has 126 valence electrons. The molecule has 0 radical (unpaired) electrons. The molecule has 0 fully saturated rings. The Kier molecular flexibility index (Phi) is 5.05. The molecular formula is C16H10FN3O3S2. The summed E-state index contributed by atoms with van der Waals surface area (Å²) >= 11 is 2.25. The molecule has 0 spiro atoms. The lowest BCUT2D eigenvalue weighted by molar-refractivity contribution is -0.384. The van der Waals surface area contributed by atoms with Crippen molar-refractivity contribution in [2.24, 2.45) is 0 Å². The number of anilines is 1. The highest BCUT2D eigenvalue weighted by molar-refractivity contribution is 7.99. The van der Waals surface area contributed by atoms with Crippen molar-refractivity contribution in [2.45, 2.75) is 9.79 Å². The topological polar surface area (TPSA) is 85.1 Å². The molecule has 0 saturated heterocycles. The first-order valence-corrected chi connectivity index (χ1v) is 8.66. The van der Waals surface area contributed by atoms with Crippen LogP contribution in [0.2, 0.25) is 0 Å². The number of hydrogen-bond acceptors (Lipinski definition) is 6. The van der Waals surface area contributed by atoms with Crippen LogP contribution in [0.3, 0.4) is 0 Å². The molecule has 0 unspecified atom stereocenters. The molecule has 0 aliphatic rings. The van der Waals surface area contributed by atoms with Gasteiger partial charge in [-0.25, -0.2) is 9.37 Å². The van der Waals surface area contributed by atoms with E-state index in [0.29, 0.717) is 14.9 Å². The van der Waals surface area contributed by atoms with Crippen LogP contribution in [0.5, 0.6) is 0 Å². The van der Waals surface area contributed by atoms with E-state index in [1.165, 1.54) is 41.8 Å². The summed E-state index contributed by atoms with van der Waals surface area (Å²) in [6, 6.07) is 10.0. The number of hydrogen-bond donors (Lipinski definition) is 1. The Morgan fingerprint density at radius 1 is 1.24 bits per heavy atom. The second-order valence-corrected chi connectivity index (χ2v) is 6.74. The molecule has 0 aliphatic heterocycles. The van der Waals surface area contributed by atoms with Gasteiger partial charge in [-0.2, -0.15) is 0 Å². The van der Waals surface area contributed by atoms with Crippen LogP contribution in [0.15, 0.2) is 63.8 Å². The zero-order chi connectivity index (χ0) is 17.8. The number of carbonyl (C=O) groups excluding carboxylic acids is 1. The Bertz CT molecular complexity index is 932. The van der Waals surface area contributed by atoms with Crippen LogP contribution in [-0.4, -0.2) is 15.8 Å². The first-order valence-electron chi connectivity index (χ1n) is 6.96. The van der Waals surface area contributed by atoms with Crippen molar-refractivity contribution >= 4 is 39.8 Å². The lowest BCUT2D eigenvalue weighted by Crippen LogP contribution is -2.13. The first kappa shape index (κ1) is 17.1. The zero-order valence-electron chi connectivity index (χ0n) is 12.5. The molecule has 25 heavy (non-hydrogen) atoms. The first-order chi connectivity index (χ1) is 12.0. The number of nitro groups is 1. The van der Waals surface area contributed by atoms with Gasteiger partial charge in [-0.05, 0) is 18.2 Å². The zero-order valence-corrected chi connectivity index (χ0v) is 14.1. The molecule has 0 saturated carbocycles. The molecule has 9 heteroatoms. The monoisotopic (exact) mass is 375 g/mol. The third-order valence-corrected chi connectivity index (χ3v) is 4.94. The van der Waals surface area contributed by atoms with Gasteiger partial charge in [0.25, 0.3) is 11.6 Å². The second-order valence-electron chi connectivity index (χ2n) is 4.76. The van der Waals surface area contributed by atoms with Gasteiger partial charge in [-0.15, -0.1) is 11.3 Å². The average molecular weight is 375 g/mol. The van der Waals surface area contributed by atoms with Crippen molar-refractivity contribution in [3.63, 3.8) is 0 Å². The van der Waals surface area contributed by atoms with Crippen LogP contribution in [0, 0.1) is 15.9 Å². The summed E-state index contributed by atoms with van der Waals surface area (Å²) in [5.74, 6) is -0.977. The van der Waals surface area contributed by atoms with Gasteiger partial charge in [0, 0.05) is 33.5 Å². The third kappa shape index (κ3) is 4.01. The van der Waals surface area contributed by atoms with Gasteiger partial charge in [0.15, 0.2) is 5.13 Å². The number of rotatable bonds is 5. The van der Waals surface area contributed by atoms with Gasteiger partial charge >= 0.3 is 0 Å². The molecule has 1 aromatic heterocycles. The molecule has 6 nitrogen and oxygen atoms in total. The number of aromatic nitrogens is 1. The number of thiazole rings is 1. The third-order valence-electron chi connectivity index (χ3n) is 3.13. The fourth-order valence-electron chi connectivity index (χ4n) is 1.99. The molecule has 1 heterocycles. The summed E-state index contributed by atoms with van der Waals surface area (Å²) in [5, 5.41) is 15.7. The Morgan fingerprint density at radius 3 is 2.72 bits per heavy atom. The van der Waals surface area contributed by atoms with E-state index >= 15 is 0 Å². The van der Waals surface area contributed by atoms with Gasteiger partial charge in [0.1, 0.15) is 5.82 Å². The standard InChI is InChI=1S/C16H10FN3O3S2/c17-12-3-1-2-4-14(12)25-13-6-5-10(20(22)23)9-11(13)15(21)19-16-18-7-8-24-16/h1-9H,(H,18,19,21). The van der Waals surface area contributed by atoms with E-state index in [4.69, 9.17) is 0 Å². The van der Waals surface area contributed by atoms with E-state index in [1.54, 1.807) is 23.6 Å². The van der Waals surface area contributed by atoms with Crippen LogP contribution in [0.1, 0.15) is 10.4 Å². The Labute approximate surface area is 149 Å². The smallest absolute Gasteiger partial charge is 0.270 e. The predicted octanol–water partition coefficient (Wildman–Crippen LogP) is 4.59. The number of nitrogens with zero attached hydrogens (tertiary/aromatic N) is 2. The van der Waals surface area contributed by atoms with Crippen LogP contribution in [0.25, 0.3) is 0 Å². The number of halogens is 1. The lowest BCUT2D eigenvalue weighted by atomic mass is 10.2. The number of non-ortho nitro benzene ring substituents is 1. The second kappa shape index (κ2) is 7.41. The van der Waals surface area contributed by atoms with Gasteiger partial charge in [-0.3, -0.25) is 20.2 Å². The average Bonchev–Trinajstić information content (AvgIpc) is 3.10. The van der Waals surface area contributed by atoms with Crippen LogP contribution >= 0.6 is 23.1 Å². The van der Waals surface area contributed by atoms with Gasteiger partial charge in [0.05, 0.1) is 10.5 Å². The lowest BCUT2D eigenvalue weighted by Gasteiger charge is -2.09. The van der Waals surface area contributed by atoms with Gasteiger partial charge in [-0.1, -0.05) is 23.9 Å². The number of benzene rings is 2. The predicted molar refractivity (Wildman–Crippen MR) is 93.7 cm³/mol. The van der Waals surface area contributed by atoms with E-state index in [2.05, 4.69) is 10.3 Å². The van der Waals surface area contributed by atoms with E-state index in [1.807, 2.05) is 0 Å². The molecule has 0 atom stereocenters. The SMILES string of the molecule is O=C(Nc1nccs1)c1cc([N+](=O)[O-])ccc1Sc1ccccc1F. The van der Waals surface area contributed by atoms with Crippen LogP contribution < -0.4 is 5.32 Å². The van der Waals surface area contributed by atoms with E-state index in [9.17, 15) is 19.3 Å². The number of nitro benzene ring substituents is 1. The fraction of sp³-hybridized carbons (Fsp3) is 0. The van der Waals surface area contributed by atoms with Crippen molar-refractivity contribution in [2.75, 3.05) is 5.32 Å². The summed E-state index contributed by atoms with van der Waals surface area (Å²) < 4.78 is 13.9. The molecule has 2 aromatic carbocycles. The maximum Gasteiger partial charge on any atom is 0.270 e. The Morgan fingerprint density at radius 2 is 2.04 bits per heavy atom. The van der Waals surface area contributed by atoms with Crippen molar-refractivity contribution < 1.29 is 14.1 Å². The summed E-state index contributed by atoms with van der Waals surface area (Å²) in [7, 11) is 0. The highest BCUT2D eigenvalue weighted by Crippen LogP contribution is 2.34.